The molecule has 1 aromatic rings. The molecule has 1 atom stereocenters. The van der Waals surface area contributed by atoms with Gasteiger partial charge < -0.3 is 4.74 Å². The Labute approximate surface area is 134 Å². The summed E-state index contributed by atoms with van der Waals surface area (Å²) >= 11 is 0. The van der Waals surface area contributed by atoms with Gasteiger partial charge in [0, 0.05) is 13.1 Å². The number of piperidine rings is 1. The molecule has 124 valence electrons. The van der Waals surface area contributed by atoms with E-state index in [0.717, 1.165) is 29.7 Å². The molecule has 5 heteroatoms. The average Bonchev–Trinajstić information content (AvgIpc) is 2.46. The standard InChI is InChI=1S/C17H27NO3S/c1-12(2)15-10-17(14(4)9-16(15)21-5)22(19,20)18-8-6-7-13(3)11-18/h9-10,12-13H,6-8,11H2,1-5H3/t13-/m1/s1. The third-order valence-corrected chi connectivity index (χ3v) is 6.39. The Kier molecular flexibility index (Phi) is 5.17. The maximum absolute atomic E-state index is 13.0. The number of hydrogen-bond acceptors (Lipinski definition) is 3. The molecule has 0 amide bonds. The van der Waals surface area contributed by atoms with E-state index >= 15 is 0 Å². The smallest absolute Gasteiger partial charge is 0.243 e. The topological polar surface area (TPSA) is 46.6 Å². The van der Waals surface area contributed by atoms with Crippen molar-refractivity contribution in [3.63, 3.8) is 0 Å². The van der Waals surface area contributed by atoms with E-state index in [9.17, 15) is 8.42 Å². The molecule has 0 aliphatic carbocycles. The third-order valence-electron chi connectivity index (χ3n) is 4.39. The fourth-order valence-electron chi connectivity index (χ4n) is 3.09. The number of ether oxygens (including phenoxy) is 1. The summed E-state index contributed by atoms with van der Waals surface area (Å²) in [4.78, 5) is 0.422. The summed E-state index contributed by atoms with van der Waals surface area (Å²) in [6, 6.07) is 3.64. The Morgan fingerprint density at radius 3 is 2.55 bits per heavy atom. The minimum absolute atomic E-state index is 0.213. The van der Waals surface area contributed by atoms with Gasteiger partial charge in [-0.05, 0) is 54.9 Å². The van der Waals surface area contributed by atoms with Gasteiger partial charge in [0.05, 0.1) is 12.0 Å². The van der Waals surface area contributed by atoms with E-state index in [4.69, 9.17) is 4.74 Å². The fourth-order valence-corrected chi connectivity index (χ4v) is 4.93. The lowest BCUT2D eigenvalue weighted by Crippen LogP contribution is -2.39. The molecule has 0 unspecified atom stereocenters. The Bertz CT molecular complexity index is 638. The third kappa shape index (κ3) is 3.30. The highest BCUT2D eigenvalue weighted by Gasteiger charge is 2.30. The fraction of sp³-hybridized carbons (Fsp3) is 0.647. The van der Waals surface area contributed by atoms with Gasteiger partial charge in [0.15, 0.2) is 0 Å². The molecule has 2 rings (SSSR count). The van der Waals surface area contributed by atoms with Crippen molar-refractivity contribution < 1.29 is 13.2 Å². The van der Waals surface area contributed by atoms with Crippen LogP contribution in [0.1, 0.15) is 50.7 Å². The van der Waals surface area contributed by atoms with E-state index in [1.165, 1.54) is 0 Å². The quantitative estimate of drug-likeness (QED) is 0.850. The summed E-state index contributed by atoms with van der Waals surface area (Å²) in [5.41, 5.74) is 1.69. The second kappa shape index (κ2) is 6.59. The number of nitrogens with zero attached hydrogens (tertiary/aromatic N) is 1. The van der Waals surface area contributed by atoms with Gasteiger partial charge in [-0.3, -0.25) is 0 Å². The number of aryl methyl sites for hydroxylation is 1. The van der Waals surface area contributed by atoms with E-state index < -0.39 is 10.0 Å². The van der Waals surface area contributed by atoms with Gasteiger partial charge in [-0.25, -0.2) is 8.42 Å². The van der Waals surface area contributed by atoms with E-state index in [2.05, 4.69) is 6.92 Å². The predicted octanol–water partition coefficient (Wildman–Crippen LogP) is 3.55. The van der Waals surface area contributed by atoms with Crippen LogP contribution in [0.5, 0.6) is 5.75 Å². The van der Waals surface area contributed by atoms with Crippen LogP contribution in [-0.2, 0) is 10.0 Å². The van der Waals surface area contributed by atoms with Crippen LogP contribution >= 0.6 is 0 Å². The van der Waals surface area contributed by atoms with Crippen LogP contribution in [0.25, 0.3) is 0 Å². The summed E-state index contributed by atoms with van der Waals surface area (Å²) in [5.74, 6) is 1.40. The molecule has 0 aromatic heterocycles. The van der Waals surface area contributed by atoms with E-state index in [1.54, 1.807) is 17.5 Å². The Morgan fingerprint density at radius 2 is 2.00 bits per heavy atom. The molecule has 0 radical (unpaired) electrons. The summed E-state index contributed by atoms with van der Waals surface area (Å²) in [7, 11) is -1.80. The SMILES string of the molecule is COc1cc(C)c(S(=O)(=O)N2CCC[C@@H](C)C2)cc1C(C)C. The summed E-state index contributed by atoms with van der Waals surface area (Å²) in [5, 5.41) is 0. The van der Waals surface area contributed by atoms with Gasteiger partial charge in [-0.2, -0.15) is 4.31 Å². The molecule has 1 aliphatic heterocycles. The highest BCUT2D eigenvalue weighted by Crippen LogP contribution is 2.33. The van der Waals surface area contributed by atoms with Crippen LogP contribution in [0, 0.1) is 12.8 Å². The second-order valence-corrected chi connectivity index (χ2v) is 8.53. The minimum Gasteiger partial charge on any atom is -0.496 e. The van der Waals surface area contributed by atoms with Gasteiger partial charge in [0.25, 0.3) is 0 Å². The highest BCUT2D eigenvalue weighted by molar-refractivity contribution is 7.89. The first-order valence-electron chi connectivity index (χ1n) is 7.96. The zero-order valence-electron chi connectivity index (χ0n) is 14.2. The molecule has 0 saturated carbocycles. The Balaban J connectivity index is 2.48. The Hall–Kier alpha value is -1.07. The van der Waals surface area contributed by atoms with Gasteiger partial charge in [0.1, 0.15) is 5.75 Å². The summed E-state index contributed by atoms with van der Waals surface area (Å²) < 4.78 is 33.1. The largest absolute Gasteiger partial charge is 0.496 e. The average molecular weight is 325 g/mol. The first kappa shape index (κ1) is 17.3. The molecule has 0 bridgehead atoms. The van der Waals surface area contributed by atoms with Crippen LogP contribution < -0.4 is 4.74 Å². The van der Waals surface area contributed by atoms with Crippen LogP contribution in [0.2, 0.25) is 0 Å². The first-order valence-corrected chi connectivity index (χ1v) is 9.40. The maximum Gasteiger partial charge on any atom is 0.243 e. The van der Waals surface area contributed by atoms with Gasteiger partial charge >= 0.3 is 0 Å². The van der Waals surface area contributed by atoms with Crippen molar-refractivity contribution in [3.05, 3.63) is 23.3 Å². The van der Waals surface area contributed by atoms with Crippen molar-refractivity contribution >= 4 is 10.0 Å². The number of benzene rings is 1. The van der Waals surface area contributed by atoms with Crippen molar-refractivity contribution in [1.29, 1.82) is 0 Å². The monoisotopic (exact) mass is 325 g/mol. The minimum atomic E-state index is -3.43. The molecule has 22 heavy (non-hydrogen) atoms. The van der Waals surface area contributed by atoms with Crippen LogP contribution in [0.15, 0.2) is 17.0 Å². The molecule has 1 fully saturated rings. The number of hydrogen-bond donors (Lipinski definition) is 0. The molecule has 1 aliphatic rings. The molecular weight excluding hydrogens is 298 g/mol. The molecule has 0 N–H and O–H groups in total. The van der Waals surface area contributed by atoms with Crippen LogP contribution in [0.4, 0.5) is 0 Å². The molecular formula is C17H27NO3S. The Morgan fingerprint density at radius 1 is 1.32 bits per heavy atom. The number of rotatable bonds is 4. The van der Waals surface area contributed by atoms with Gasteiger partial charge in [-0.15, -0.1) is 0 Å². The number of methoxy groups -OCH3 is 1. The molecule has 0 spiro atoms. The molecule has 4 nitrogen and oxygen atoms in total. The van der Waals surface area contributed by atoms with Crippen molar-refractivity contribution in [2.24, 2.45) is 5.92 Å². The van der Waals surface area contributed by atoms with Crippen LogP contribution in [0.3, 0.4) is 0 Å². The zero-order chi connectivity index (χ0) is 16.5. The molecule has 1 heterocycles. The van der Waals surface area contributed by atoms with E-state index in [1.807, 2.05) is 26.8 Å². The lowest BCUT2D eigenvalue weighted by molar-refractivity contribution is 0.281. The van der Waals surface area contributed by atoms with E-state index in [-0.39, 0.29) is 5.92 Å². The molecule has 1 aromatic carbocycles. The number of sulfonamides is 1. The predicted molar refractivity (Wildman–Crippen MR) is 89.0 cm³/mol. The normalized spacial score (nSPS) is 20.4. The van der Waals surface area contributed by atoms with Crippen molar-refractivity contribution in [2.75, 3.05) is 20.2 Å². The highest BCUT2D eigenvalue weighted by atomic mass is 32.2. The van der Waals surface area contributed by atoms with E-state index in [0.29, 0.717) is 23.9 Å². The second-order valence-electron chi connectivity index (χ2n) is 6.62. The zero-order valence-corrected chi connectivity index (χ0v) is 15.0. The van der Waals surface area contributed by atoms with Crippen molar-refractivity contribution in [1.82, 2.24) is 4.31 Å². The molecule has 1 saturated heterocycles. The van der Waals surface area contributed by atoms with Gasteiger partial charge in [0.2, 0.25) is 10.0 Å². The van der Waals surface area contributed by atoms with Crippen LogP contribution in [-0.4, -0.2) is 32.9 Å². The summed E-state index contributed by atoms with van der Waals surface area (Å²) in [6.07, 6.45) is 2.04. The summed E-state index contributed by atoms with van der Waals surface area (Å²) in [6.45, 7) is 9.29. The lowest BCUT2D eigenvalue weighted by Gasteiger charge is -2.30. The maximum atomic E-state index is 13.0. The van der Waals surface area contributed by atoms with Crippen molar-refractivity contribution in [2.45, 2.75) is 51.3 Å². The van der Waals surface area contributed by atoms with Crippen molar-refractivity contribution in [3.8, 4) is 5.75 Å². The first-order chi connectivity index (χ1) is 10.3. The van der Waals surface area contributed by atoms with Gasteiger partial charge in [-0.1, -0.05) is 20.8 Å². The lowest BCUT2D eigenvalue weighted by atomic mass is 10.0.